The number of para-hydroxylation sites is 2. The highest BCUT2D eigenvalue weighted by Crippen LogP contribution is 2.30. The van der Waals surface area contributed by atoms with E-state index in [2.05, 4.69) is 20.9 Å². The lowest BCUT2D eigenvalue weighted by atomic mass is 10.2. The van der Waals surface area contributed by atoms with Gasteiger partial charge in [-0.1, -0.05) is 25.0 Å². The summed E-state index contributed by atoms with van der Waals surface area (Å²) in [7, 11) is -7.17. The Morgan fingerprint density at radius 2 is 1.87 bits per heavy atom. The van der Waals surface area contributed by atoms with E-state index >= 15 is 0 Å². The van der Waals surface area contributed by atoms with Gasteiger partial charge in [-0.15, -0.1) is 0 Å². The highest BCUT2D eigenvalue weighted by atomic mass is 32.2. The van der Waals surface area contributed by atoms with Gasteiger partial charge in [0.1, 0.15) is 22.7 Å². The van der Waals surface area contributed by atoms with Crippen LogP contribution in [0.15, 0.2) is 39.9 Å². The Morgan fingerprint density at radius 1 is 1.15 bits per heavy atom. The van der Waals surface area contributed by atoms with E-state index in [0.717, 1.165) is 44.8 Å². The number of sulfone groups is 2. The average molecular weight is 583 g/mol. The zero-order valence-electron chi connectivity index (χ0n) is 22.1. The number of aromatic nitrogens is 1. The number of nitrogens with zero attached hydrogens (tertiary/aromatic N) is 1. The van der Waals surface area contributed by atoms with Crippen LogP contribution in [0.25, 0.3) is 11.1 Å². The van der Waals surface area contributed by atoms with E-state index in [-0.39, 0.29) is 41.6 Å². The number of carbonyl (C=O) groups is 1. The van der Waals surface area contributed by atoms with Crippen LogP contribution in [0, 0.1) is 5.92 Å². The van der Waals surface area contributed by atoms with Crippen molar-refractivity contribution in [1.82, 2.24) is 20.9 Å². The van der Waals surface area contributed by atoms with Crippen molar-refractivity contribution < 1.29 is 31.2 Å². The summed E-state index contributed by atoms with van der Waals surface area (Å²) < 4.78 is 55.8. The van der Waals surface area contributed by atoms with Gasteiger partial charge < -0.3 is 25.5 Å². The molecule has 1 aromatic carbocycles. The minimum Gasteiger partial charge on any atom is -0.438 e. The number of amides is 1. The summed E-state index contributed by atoms with van der Waals surface area (Å²) in [6, 6.07) is 6.03. The molecule has 2 saturated carbocycles. The average Bonchev–Trinajstić information content (AvgIpc) is 3.34. The zero-order chi connectivity index (χ0) is 28.0. The Balaban J connectivity index is 1.36. The highest BCUT2D eigenvalue weighted by molar-refractivity contribution is 7.94. The largest absolute Gasteiger partial charge is 0.438 e. The molecule has 2 aromatic rings. The number of rotatable bonds is 15. The number of aliphatic hydroxyl groups excluding tert-OH is 1. The van der Waals surface area contributed by atoms with Crippen LogP contribution in [-0.2, 0) is 24.5 Å². The van der Waals surface area contributed by atoms with Gasteiger partial charge in [-0.05, 0) is 56.6 Å². The topological polar surface area (TPSA) is 168 Å². The molecule has 0 aliphatic heterocycles. The third kappa shape index (κ3) is 8.94. The molecule has 1 aromatic heterocycles. The van der Waals surface area contributed by atoms with Gasteiger partial charge >= 0.3 is 0 Å². The lowest BCUT2D eigenvalue weighted by Gasteiger charge is -2.20. The standard InChI is InChI=1S/C26H38N4O7S2/c1-38(33,34)24(29-19-7-2-3-8-19)15-28-21(17-39(35,36)16-18-12-13-18)25(32)27-14-6-10-22(31)26-30-20-9-4-5-11-23(20)37-26/h4-5,9,11,15,18-19,21-22,28-29,31H,2-3,6-8,10,12-14,16-17H2,1H3,(H,27,32). The Labute approximate surface area is 229 Å². The van der Waals surface area contributed by atoms with Gasteiger partial charge in [-0.3, -0.25) is 4.79 Å². The van der Waals surface area contributed by atoms with Crippen LogP contribution in [0.4, 0.5) is 0 Å². The molecule has 0 radical (unpaired) electrons. The second-order valence-electron chi connectivity index (χ2n) is 10.6. The fraction of sp³-hybridized carbons (Fsp3) is 0.615. The molecule has 1 amide bonds. The van der Waals surface area contributed by atoms with Crippen LogP contribution in [0.3, 0.4) is 0 Å². The van der Waals surface area contributed by atoms with E-state index in [4.69, 9.17) is 4.42 Å². The molecule has 4 N–H and O–H groups in total. The van der Waals surface area contributed by atoms with Gasteiger partial charge in [-0.2, -0.15) is 0 Å². The Kier molecular flexibility index (Phi) is 9.55. The van der Waals surface area contributed by atoms with Gasteiger partial charge in [0.2, 0.25) is 11.8 Å². The third-order valence-corrected chi connectivity index (χ3v) is 9.84. The maximum Gasteiger partial charge on any atom is 0.243 e. The minimum atomic E-state index is -3.63. The quantitative estimate of drug-likeness (QED) is 0.228. The number of fused-ring (bicyclic) bond motifs is 1. The molecular weight excluding hydrogens is 544 g/mol. The summed E-state index contributed by atoms with van der Waals surface area (Å²) in [4.78, 5) is 17.3. The SMILES string of the molecule is CS(=O)(=O)C(=CNC(CS(=O)(=O)CC1CC1)C(=O)NCCCC(O)c1nc2ccccc2o1)NC1CCCC1. The summed E-state index contributed by atoms with van der Waals surface area (Å²) in [5.74, 6) is -0.675. The molecule has 4 rings (SSSR count). The first-order valence-electron chi connectivity index (χ1n) is 13.4. The smallest absolute Gasteiger partial charge is 0.243 e. The fourth-order valence-electron chi connectivity index (χ4n) is 4.65. The van der Waals surface area contributed by atoms with E-state index in [1.807, 2.05) is 12.1 Å². The van der Waals surface area contributed by atoms with Crippen LogP contribution < -0.4 is 16.0 Å². The number of hydrogen-bond donors (Lipinski definition) is 4. The highest BCUT2D eigenvalue weighted by Gasteiger charge is 2.32. The van der Waals surface area contributed by atoms with Crippen LogP contribution in [-0.4, -0.2) is 69.2 Å². The number of carbonyl (C=O) groups excluding carboxylic acids is 1. The lowest BCUT2D eigenvalue weighted by molar-refractivity contribution is -0.122. The number of hydrogen-bond acceptors (Lipinski definition) is 10. The maximum absolute atomic E-state index is 13.0. The van der Waals surface area contributed by atoms with Crippen LogP contribution in [0.1, 0.15) is 63.4 Å². The van der Waals surface area contributed by atoms with Crippen molar-refractivity contribution in [2.75, 3.05) is 24.3 Å². The molecule has 0 spiro atoms. The molecule has 2 atom stereocenters. The lowest BCUT2D eigenvalue weighted by Crippen LogP contribution is -2.47. The Bertz CT molecular complexity index is 1340. The van der Waals surface area contributed by atoms with Crippen molar-refractivity contribution in [3.8, 4) is 0 Å². The van der Waals surface area contributed by atoms with Crippen LogP contribution >= 0.6 is 0 Å². The summed E-state index contributed by atoms with van der Waals surface area (Å²) >= 11 is 0. The molecule has 216 valence electrons. The van der Waals surface area contributed by atoms with Crippen molar-refractivity contribution in [2.24, 2.45) is 5.92 Å². The first kappa shape index (κ1) is 29.3. The first-order valence-corrected chi connectivity index (χ1v) is 17.2. The van der Waals surface area contributed by atoms with Gasteiger partial charge in [-0.25, -0.2) is 21.8 Å². The summed E-state index contributed by atoms with van der Waals surface area (Å²) in [5.41, 5.74) is 1.22. The van der Waals surface area contributed by atoms with Gasteiger partial charge in [0.25, 0.3) is 0 Å². The first-order chi connectivity index (χ1) is 18.5. The number of oxazole rings is 1. The second-order valence-corrected chi connectivity index (χ2v) is 14.8. The maximum atomic E-state index is 13.0. The Hall–Kier alpha value is -2.64. The number of nitrogens with one attached hydrogen (secondary N) is 3. The van der Waals surface area contributed by atoms with E-state index in [0.29, 0.717) is 17.5 Å². The normalized spacial score (nSPS) is 18.7. The molecule has 1 heterocycles. The molecule has 2 unspecified atom stereocenters. The van der Waals surface area contributed by atoms with E-state index < -0.39 is 43.5 Å². The van der Waals surface area contributed by atoms with Crippen LogP contribution in [0.2, 0.25) is 0 Å². The van der Waals surface area contributed by atoms with E-state index in [9.17, 15) is 26.7 Å². The predicted octanol–water partition coefficient (Wildman–Crippen LogP) is 1.92. The fourth-order valence-corrected chi connectivity index (χ4v) is 7.26. The van der Waals surface area contributed by atoms with Crippen molar-refractivity contribution in [3.05, 3.63) is 41.4 Å². The molecule has 2 fully saturated rings. The Morgan fingerprint density at radius 3 is 2.54 bits per heavy atom. The monoisotopic (exact) mass is 582 g/mol. The second kappa shape index (κ2) is 12.7. The molecule has 13 heteroatoms. The van der Waals surface area contributed by atoms with Gasteiger partial charge in [0, 0.05) is 25.0 Å². The van der Waals surface area contributed by atoms with Crippen molar-refractivity contribution in [1.29, 1.82) is 0 Å². The van der Waals surface area contributed by atoms with Crippen molar-refractivity contribution in [3.63, 3.8) is 0 Å². The zero-order valence-corrected chi connectivity index (χ0v) is 23.8. The predicted molar refractivity (Wildman–Crippen MR) is 148 cm³/mol. The summed E-state index contributed by atoms with van der Waals surface area (Å²) in [5, 5.41) is 18.9. The molecular formula is C26H38N4O7S2. The molecule has 0 saturated heterocycles. The molecule has 39 heavy (non-hydrogen) atoms. The number of aliphatic hydroxyl groups is 1. The summed E-state index contributed by atoms with van der Waals surface area (Å²) in [6.45, 7) is 0.181. The van der Waals surface area contributed by atoms with Gasteiger partial charge in [0.15, 0.2) is 25.3 Å². The molecule has 0 bridgehead atoms. The summed E-state index contributed by atoms with van der Waals surface area (Å²) in [6.07, 6.45) is 7.42. The van der Waals surface area contributed by atoms with E-state index in [1.54, 1.807) is 12.1 Å². The van der Waals surface area contributed by atoms with Crippen LogP contribution in [0.5, 0.6) is 0 Å². The molecule has 11 nitrogen and oxygen atoms in total. The van der Waals surface area contributed by atoms with E-state index in [1.165, 1.54) is 6.20 Å². The number of benzene rings is 1. The minimum absolute atomic E-state index is 0.0120. The van der Waals surface area contributed by atoms with Crippen molar-refractivity contribution in [2.45, 2.75) is 69.6 Å². The molecule has 2 aliphatic carbocycles. The van der Waals surface area contributed by atoms with Gasteiger partial charge in [0.05, 0.1) is 11.5 Å². The van der Waals surface area contributed by atoms with Crippen molar-refractivity contribution >= 4 is 36.7 Å². The third-order valence-electron chi connectivity index (χ3n) is 6.99. The molecule has 2 aliphatic rings.